The molecule has 1 aliphatic carbocycles. The molecule has 2 rings (SSSR count). The van der Waals surface area contributed by atoms with E-state index >= 15 is 0 Å². The number of aliphatic carboxylic acids is 1. The minimum atomic E-state index is -0.822. The van der Waals surface area contributed by atoms with Crippen molar-refractivity contribution in [3.8, 4) is 0 Å². The summed E-state index contributed by atoms with van der Waals surface area (Å²) in [4.78, 5) is 34.7. The van der Waals surface area contributed by atoms with E-state index in [1.165, 1.54) is 49.8 Å². The predicted octanol–water partition coefficient (Wildman–Crippen LogP) is 5.24. The van der Waals surface area contributed by atoms with Gasteiger partial charge < -0.3 is 10.2 Å². The highest BCUT2D eigenvalue weighted by atomic mass is 16.4. The number of aliphatic hydroxyl groups excluding tert-OH is 1. The van der Waals surface area contributed by atoms with Gasteiger partial charge in [-0.2, -0.15) is 0 Å². The van der Waals surface area contributed by atoms with Gasteiger partial charge >= 0.3 is 5.97 Å². The van der Waals surface area contributed by atoms with Gasteiger partial charge in [-0.3, -0.25) is 14.5 Å². The fourth-order valence-corrected chi connectivity index (χ4v) is 4.29. The third-order valence-electron chi connectivity index (χ3n) is 6.32. The lowest BCUT2D eigenvalue weighted by molar-refractivity contribution is -0.138. The second-order valence-electron chi connectivity index (χ2n) is 8.86. The van der Waals surface area contributed by atoms with Crippen molar-refractivity contribution in [2.75, 3.05) is 13.2 Å². The van der Waals surface area contributed by atoms with E-state index in [1.54, 1.807) is 0 Å². The molecule has 0 unspecified atom stereocenters. The fraction of sp³-hybridized carbons (Fsp3) is 0.800. The van der Waals surface area contributed by atoms with Crippen LogP contribution in [-0.4, -0.2) is 46.0 Å². The summed E-state index contributed by atoms with van der Waals surface area (Å²) in [6, 6.07) is 0. The van der Waals surface area contributed by atoms with E-state index in [0.717, 1.165) is 51.4 Å². The predicted molar refractivity (Wildman–Crippen MR) is 123 cm³/mol. The molecule has 0 atom stereocenters. The molecule has 31 heavy (non-hydrogen) atoms. The molecule has 2 N–H and O–H groups in total. The van der Waals surface area contributed by atoms with Crippen molar-refractivity contribution in [2.45, 2.75) is 109 Å². The zero-order valence-corrected chi connectivity index (χ0v) is 19.3. The molecule has 1 saturated carbocycles. The van der Waals surface area contributed by atoms with Gasteiger partial charge in [0.05, 0.1) is 0 Å². The third-order valence-corrected chi connectivity index (χ3v) is 6.32. The van der Waals surface area contributed by atoms with Crippen molar-refractivity contribution in [1.82, 2.24) is 4.90 Å². The number of amides is 2. The Morgan fingerprint density at radius 2 is 1.26 bits per heavy atom. The van der Waals surface area contributed by atoms with Crippen LogP contribution >= 0.6 is 0 Å². The Morgan fingerprint density at radius 1 is 0.806 bits per heavy atom. The number of carboxylic acid groups (broad SMARTS) is 1. The van der Waals surface area contributed by atoms with Gasteiger partial charge in [0.25, 0.3) is 0 Å². The lowest BCUT2D eigenvalue weighted by Gasteiger charge is -2.20. The average molecular weight is 438 g/mol. The molecule has 0 bridgehead atoms. The van der Waals surface area contributed by atoms with Gasteiger partial charge in [0.15, 0.2) is 0 Å². The summed E-state index contributed by atoms with van der Waals surface area (Å²) in [5, 5.41) is 17.3. The molecule has 0 radical (unpaired) electrons. The van der Waals surface area contributed by atoms with E-state index in [4.69, 9.17) is 10.2 Å². The molecule has 6 nitrogen and oxygen atoms in total. The molecule has 0 aromatic rings. The zero-order valence-electron chi connectivity index (χ0n) is 19.3. The van der Waals surface area contributed by atoms with Crippen LogP contribution in [0.2, 0.25) is 0 Å². The largest absolute Gasteiger partial charge is 0.478 e. The van der Waals surface area contributed by atoms with Crippen LogP contribution in [0.5, 0.6) is 0 Å². The number of unbranched alkanes of at least 4 members (excludes halogenated alkanes) is 9. The van der Waals surface area contributed by atoms with Crippen molar-refractivity contribution in [2.24, 2.45) is 5.92 Å². The summed E-state index contributed by atoms with van der Waals surface area (Å²) in [5.74, 6) is -0.547. The minimum absolute atomic E-state index is 0.0119. The number of imide groups is 1. The Labute approximate surface area is 188 Å². The summed E-state index contributed by atoms with van der Waals surface area (Å²) >= 11 is 0. The minimum Gasteiger partial charge on any atom is -0.478 e. The van der Waals surface area contributed by atoms with Gasteiger partial charge in [-0.15, -0.1) is 0 Å². The van der Waals surface area contributed by atoms with E-state index in [1.807, 2.05) is 0 Å². The molecular weight excluding hydrogens is 394 g/mol. The van der Waals surface area contributed by atoms with E-state index in [0.29, 0.717) is 31.6 Å². The van der Waals surface area contributed by atoms with Crippen LogP contribution in [0.1, 0.15) is 109 Å². The average Bonchev–Trinajstić information content (AvgIpc) is 3.10. The summed E-state index contributed by atoms with van der Waals surface area (Å²) in [5.41, 5.74) is 0.407. The van der Waals surface area contributed by atoms with E-state index in [-0.39, 0.29) is 17.7 Å². The maximum atomic E-state index is 11.4. The van der Waals surface area contributed by atoms with E-state index in [2.05, 4.69) is 6.58 Å². The smallest absolute Gasteiger partial charge is 0.331 e. The molecule has 2 aliphatic rings. The number of carboxylic acids is 1. The van der Waals surface area contributed by atoms with Crippen LogP contribution in [-0.2, 0) is 14.4 Å². The first-order valence-electron chi connectivity index (χ1n) is 12.3. The quantitative estimate of drug-likeness (QED) is 0.220. The normalized spacial score (nSPS) is 16.9. The molecule has 0 aromatic carbocycles. The Morgan fingerprint density at radius 3 is 1.71 bits per heavy atom. The van der Waals surface area contributed by atoms with Crippen molar-refractivity contribution >= 4 is 17.8 Å². The second-order valence-corrected chi connectivity index (χ2v) is 8.86. The summed E-state index contributed by atoms with van der Waals surface area (Å²) in [7, 11) is 0. The van der Waals surface area contributed by atoms with Gasteiger partial charge in [0, 0.05) is 31.6 Å². The standard InChI is InChI=1S/C16H29NO3.C9H14O2/c18-14-10-8-6-4-2-1-3-5-7-9-13-17-15(19)11-12-16(17)20;1-7(9(10)11)8-5-3-2-4-6-8/h18H,1-14H2;8H,1-6H2,(H,10,11). The first kappa shape index (κ1) is 27.3. The maximum Gasteiger partial charge on any atom is 0.331 e. The first-order valence-corrected chi connectivity index (χ1v) is 12.3. The molecule has 1 heterocycles. The fourth-order valence-electron chi connectivity index (χ4n) is 4.29. The summed E-state index contributed by atoms with van der Waals surface area (Å²) in [6.45, 7) is 4.52. The van der Waals surface area contributed by atoms with Crippen LogP contribution in [0.15, 0.2) is 12.2 Å². The van der Waals surface area contributed by atoms with Crippen molar-refractivity contribution < 1.29 is 24.6 Å². The van der Waals surface area contributed by atoms with Gasteiger partial charge in [-0.1, -0.05) is 77.2 Å². The lowest BCUT2D eigenvalue weighted by Crippen LogP contribution is -2.29. The molecule has 2 fully saturated rings. The number of nitrogens with zero attached hydrogens (tertiary/aromatic N) is 1. The van der Waals surface area contributed by atoms with Crippen molar-refractivity contribution in [3.63, 3.8) is 0 Å². The number of carbonyl (C=O) groups excluding carboxylic acids is 2. The Bertz CT molecular complexity index is 538. The van der Waals surface area contributed by atoms with Crippen molar-refractivity contribution in [3.05, 3.63) is 12.2 Å². The molecule has 0 spiro atoms. The highest BCUT2D eigenvalue weighted by Crippen LogP contribution is 2.28. The second kappa shape index (κ2) is 16.9. The van der Waals surface area contributed by atoms with Gasteiger partial charge in [-0.25, -0.2) is 4.79 Å². The van der Waals surface area contributed by atoms with E-state index in [9.17, 15) is 14.4 Å². The Kier molecular flexibility index (Phi) is 14.9. The van der Waals surface area contributed by atoms with Crippen LogP contribution in [0, 0.1) is 5.92 Å². The van der Waals surface area contributed by atoms with Gasteiger partial charge in [0.1, 0.15) is 0 Å². The molecule has 1 aliphatic heterocycles. The van der Waals surface area contributed by atoms with Crippen molar-refractivity contribution in [1.29, 1.82) is 0 Å². The number of hydrogen-bond donors (Lipinski definition) is 2. The summed E-state index contributed by atoms with van der Waals surface area (Å²) < 4.78 is 0. The number of likely N-dealkylation sites (tertiary alicyclic amines) is 1. The third kappa shape index (κ3) is 12.1. The van der Waals surface area contributed by atoms with Crippen LogP contribution < -0.4 is 0 Å². The SMILES string of the molecule is C=C(C(=O)O)C1CCCCC1.O=C1CCC(=O)N1CCCCCCCCCCCCO. The molecule has 1 saturated heterocycles. The maximum absolute atomic E-state index is 11.4. The first-order chi connectivity index (χ1) is 15.0. The highest BCUT2D eigenvalue weighted by molar-refractivity contribution is 6.01. The monoisotopic (exact) mass is 437 g/mol. The van der Waals surface area contributed by atoms with Crippen LogP contribution in [0.25, 0.3) is 0 Å². The van der Waals surface area contributed by atoms with Crippen LogP contribution in [0.4, 0.5) is 0 Å². The highest BCUT2D eigenvalue weighted by Gasteiger charge is 2.27. The molecule has 0 aromatic heterocycles. The Balaban J connectivity index is 0.000000367. The molecule has 178 valence electrons. The Hall–Kier alpha value is -1.69. The molecule has 2 amide bonds. The number of aliphatic hydroxyl groups is 1. The number of carbonyl (C=O) groups is 3. The topological polar surface area (TPSA) is 94.9 Å². The summed E-state index contributed by atoms with van der Waals surface area (Å²) in [6.07, 6.45) is 18.1. The zero-order chi connectivity index (χ0) is 22.9. The number of hydrogen-bond acceptors (Lipinski definition) is 4. The molecular formula is C25H43NO5. The van der Waals surface area contributed by atoms with E-state index < -0.39 is 5.97 Å². The van der Waals surface area contributed by atoms with Gasteiger partial charge in [0.2, 0.25) is 11.8 Å². The lowest BCUT2D eigenvalue weighted by atomic mass is 9.84. The van der Waals surface area contributed by atoms with Gasteiger partial charge in [-0.05, 0) is 31.6 Å². The molecule has 6 heteroatoms. The van der Waals surface area contributed by atoms with Crippen LogP contribution in [0.3, 0.4) is 0 Å². The number of rotatable bonds is 14.